The van der Waals surface area contributed by atoms with Gasteiger partial charge in [-0.2, -0.15) is 17.2 Å². The van der Waals surface area contributed by atoms with Crippen molar-refractivity contribution in [3.05, 3.63) is 82.8 Å². The van der Waals surface area contributed by atoms with E-state index in [1.165, 1.54) is 61.8 Å². The number of halogens is 5. The molecule has 1 N–H and O–H groups in total. The summed E-state index contributed by atoms with van der Waals surface area (Å²) in [4.78, 5) is 13.1. The molecule has 0 aliphatic rings. The summed E-state index contributed by atoms with van der Waals surface area (Å²) in [6.07, 6.45) is -0.562. The molecule has 8 nitrogen and oxygen atoms in total. The van der Waals surface area contributed by atoms with Crippen LogP contribution >= 0.6 is 0 Å². The van der Waals surface area contributed by atoms with Crippen LogP contribution in [0.4, 0.5) is 22.0 Å². The van der Waals surface area contributed by atoms with Crippen molar-refractivity contribution in [1.29, 1.82) is 0 Å². The molecule has 2 atom stereocenters. The quantitative estimate of drug-likeness (QED) is 0.290. The Balaban J connectivity index is 1.91. The third-order valence-electron chi connectivity index (χ3n) is 5.61. The topological polar surface area (TPSA) is 99.8 Å². The maximum atomic E-state index is 14.6. The van der Waals surface area contributed by atoms with Crippen molar-refractivity contribution in [2.24, 2.45) is 0 Å². The molecular formula is C23H23F5N2O6S. The Bertz CT molecular complexity index is 1390. The van der Waals surface area contributed by atoms with Crippen molar-refractivity contribution in [3.8, 4) is 11.4 Å². The minimum Gasteiger partial charge on any atom is -0.487 e. The highest BCUT2D eigenvalue weighted by Crippen LogP contribution is 2.35. The molecule has 0 aliphatic heterocycles. The van der Waals surface area contributed by atoms with Gasteiger partial charge in [0.2, 0.25) is 0 Å². The van der Waals surface area contributed by atoms with Gasteiger partial charge in [-0.15, -0.1) is 0 Å². The van der Waals surface area contributed by atoms with Gasteiger partial charge >= 0.3 is 18.0 Å². The molecule has 202 valence electrons. The van der Waals surface area contributed by atoms with Gasteiger partial charge in [0, 0.05) is 18.0 Å². The standard InChI is InChI=1S/C23H23F5N2O6S/c1-15(22(32,13-36-37(2,33)34)18-5-3-4-6-19(18)24)29-11-12-30(21(29)31)16-7-9-17(10-8-16)35-14-23(27,28)20(25)26/h3-12,15,20,32H,13-14H2,1-2H3/t15-,22-/m1/s1. The highest BCUT2D eigenvalue weighted by molar-refractivity contribution is 7.85. The van der Waals surface area contributed by atoms with E-state index >= 15 is 0 Å². The van der Waals surface area contributed by atoms with Crippen LogP contribution in [0, 0.1) is 5.82 Å². The molecule has 37 heavy (non-hydrogen) atoms. The van der Waals surface area contributed by atoms with E-state index in [-0.39, 0.29) is 17.0 Å². The minimum atomic E-state index is -4.33. The largest absolute Gasteiger partial charge is 0.487 e. The molecule has 3 aromatic rings. The maximum absolute atomic E-state index is 14.6. The fourth-order valence-electron chi connectivity index (χ4n) is 3.49. The van der Waals surface area contributed by atoms with Crippen molar-refractivity contribution >= 4 is 10.1 Å². The van der Waals surface area contributed by atoms with Gasteiger partial charge in [-0.1, -0.05) is 18.2 Å². The summed E-state index contributed by atoms with van der Waals surface area (Å²) in [6, 6.07) is 8.85. The smallest absolute Gasteiger partial charge is 0.340 e. The fraction of sp³-hybridized carbons (Fsp3) is 0.348. The normalized spacial score (nSPS) is 14.9. The summed E-state index contributed by atoms with van der Waals surface area (Å²) in [7, 11) is -4.04. The van der Waals surface area contributed by atoms with E-state index in [1.54, 1.807) is 0 Å². The third kappa shape index (κ3) is 6.37. The number of ether oxygens (including phenoxy) is 1. The Morgan fingerprint density at radius 1 is 1.03 bits per heavy atom. The summed E-state index contributed by atoms with van der Waals surface area (Å²) >= 11 is 0. The first-order valence-corrected chi connectivity index (χ1v) is 12.5. The Kier molecular flexibility index (Phi) is 8.15. The predicted octanol–water partition coefficient (Wildman–Crippen LogP) is 3.48. The first kappa shape index (κ1) is 28.3. The molecule has 0 unspecified atom stereocenters. The number of aromatic nitrogens is 2. The van der Waals surface area contributed by atoms with Crippen LogP contribution < -0.4 is 10.4 Å². The summed E-state index contributed by atoms with van der Waals surface area (Å²) < 4.78 is 100. The number of hydrogen-bond donors (Lipinski definition) is 1. The lowest BCUT2D eigenvalue weighted by molar-refractivity contribution is -0.148. The zero-order valence-electron chi connectivity index (χ0n) is 19.5. The molecule has 14 heteroatoms. The summed E-state index contributed by atoms with van der Waals surface area (Å²) in [5.41, 5.74) is -3.09. The van der Waals surface area contributed by atoms with Gasteiger partial charge in [0.05, 0.1) is 18.0 Å². The number of imidazole rings is 1. The van der Waals surface area contributed by atoms with E-state index in [9.17, 15) is 40.3 Å². The van der Waals surface area contributed by atoms with E-state index in [2.05, 4.69) is 0 Å². The molecule has 1 aromatic heterocycles. The van der Waals surface area contributed by atoms with Gasteiger partial charge in [-0.25, -0.2) is 18.0 Å². The predicted molar refractivity (Wildman–Crippen MR) is 122 cm³/mol. The number of aliphatic hydroxyl groups is 1. The van der Waals surface area contributed by atoms with Crippen molar-refractivity contribution in [3.63, 3.8) is 0 Å². The van der Waals surface area contributed by atoms with Crippen molar-refractivity contribution < 1.29 is 44.4 Å². The van der Waals surface area contributed by atoms with Gasteiger partial charge < -0.3 is 9.84 Å². The number of nitrogens with zero attached hydrogens (tertiary/aromatic N) is 2. The monoisotopic (exact) mass is 550 g/mol. The van der Waals surface area contributed by atoms with Crippen molar-refractivity contribution in [1.82, 2.24) is 9.13 Å². The number of alkyl halides is 4. The van der Waals surface area contributed by atoms with E-state index < -0.39 is 58.8 Å². The van der Waals surface area contributed by atoms with Gasteiger partial charge in [0.1, 0.15) is 23.8 Å². The van der Waals surface area contributed by atoms with E-state index in [0.717, 1.165) is 21.5 Å². The number of hydrogen-bond acceptors (Lipinski definition) is 6. The van der Waals surface area contributed by atoms with Crippen molar-refractivity contribution in [2.45, 2.75) is 30.9 Å². The average molecular weight is 551 g/mol. The molecule has 0 saturated heterocycles. The Hall–Kier alpha value is -3.23. The molecule has 0 radical (unpaired) electrons. The Morgan fingerprint density at radius 2 is 1.65 bits per heavy atom. The summed E-state index contributed by atoms with van der Waals surface area (Å²) in [6.45, 7) is -1.06. The van der Waals surface area contributed by atoms with Crippen LogP contribution in [0.1, 0.15) is 18.5 Å². The molecule has 0 saturated carbocycles. The second kappa shape index (κ2) is 10.6. The lowest BCUT2D eigenvalue weighted by Crippen LogP contribution is -2.44. The zero-order chi connectivity index (χ0) is 27.6. The minimum absolute atomic E-state index is 0.142. The fourth-order valence-corrected chi connectivity index (χ4v) is 3.88. The summed E-state index contributed by atoms with van der Waals surface area (Å²) in [5.74, 6) is -5.33. The van der Waals surface area contributed by atoms with Crippen LogP contribution in [0.15, 0.2) is 65.7 Å². The van der Waals surface area contributed by atoms with Crippen LogP contribution in [-0.4, -0.2) is 54.5 Å². The molecular weight excluding hydrogens is 527 g/mol. The molecule has 0 aliphatic carbocycles. The van der Waals surface area contributed by atoms with Gasteiger partial charge in [0.25, 0.3) is 10.1 Å². The summed E-state index contributed by atoms with van der Waals surface area (Å²) in [5, 5.41) is 11.4. The highest BCUT2D eigenvalue weighted by atomic mass is 32.2. The third-order valence-corrected chi connectivity index (χ3v) is 6.16. The van der Waals surface area contributed by atoms with Crippen LogP contribution in [0.2, 0.25) is 0 Å². The van der Waals surface area contributed by atoms with Gasteiger partial charge in [-0.05, 0) is 37.3 Å². The van der Waals surface area contributed by atoms with Gasteiger partial charge in [-0.3, -0.25) is 13.3 Å². The second-order valence-corrected chi connectivity index (χ2v) is 9.89. The van der Waals surface area contributed by atoms with E-state index in [0.29, 0.717) is 0 Å². The van der Waals surface area contributed by atoms with E-state index in [1.807, 2.05) is 0 Å². The highest BCUT2D eigenvalue weighted by Gasteiger charge is 2.42. The van der Waals surface area contributed by atoms with Crippen LogP contribution in [0.25, 0.3) is 5.69 Å². The first-order chi connectivity index (χ1) is 17.2. The Labute approximate surface area is 208 Å². The van der Waals surface area contributed by atoms with Gasteiger partial charge in [0.15, 0.2) is 6.61 Å². The lowest BCUT2D eigenvalue weighted by Gasteiger charge is -2.34. The Morgan fingerprint density at radius 3 is 2.22 bits per heavy atom. The zero-order valence-corrected chi connectivity index (χ0v) is 20.3. The molecule has 0 bridgehead atoms. The van der Waals surface area contributed by atoms with Crippen LogP contribution in [-0.2, 0) is 19.9 Å². The first-order valence-electron chi connectivity index (χ1n) is 10.7. The number of benzene rings is 2. The molecule has 2 aromatic carbocycles. The SMILES string of the molecule is C[C@@H](n1ccn(-c2ccc(OCC(F)(F)C(F)F)cc2)c1=O)[C@](O)(COS(C)(=O)=O)c1ccccc1F. The molecule has 0 spiro atoms. The van der Waals surface area contributed by atoms with Crippen LogP contribution in [0.3, 0.4) is 0 Å². The van der Waals surface area contributed by atoms with E-state index in [4.69, 9.17) is 8.92 Å². The molecule has 1 heterocycles. The molecule has 0 fully saturated rings. The van der Waals surface area contributed by atoms with Crippen LogP contribution in [0.5, 0.6) is 5.75 Å². The van der Waals surface area contributed by atoms with Crippen molar-refractivity contribution in [2.75, 3.05) is 19.5 Å². The lowest BCUT2D eigenvalue weighted by atomic mass is 9.87. The second-order valence-electron chi connectivity index (χ2n) is 8.25. The average Bonchev–Trinajstić information content (AvgIpc) is 3.22. The number of rotatable bonds is 11. The maximum Gasteiger partial charge on any atom is 0.340 e. The molecule has 0 amide bonds. The molecule has 3 rings (SSSR count).